The van der Waals surface area contributed by atoms with Crippen LogP contribution in [0.25, 0.3) is 0 Å². The minimum Gasteiger partial charge on any atom is -0.374 e. The van der Waals surface area contributed by atoms with Crippen LogP contribution < -0.4 is 10.6 Å². The van der Waals surface area contributed by atoms with Gasteiger partial charge in [0.15, 0.2) is 0 Å². The minimum atomic E-state index is -0.593. The van der Waals surface area contributed by atoms with Gasteiger partial charge in [0.1, 0.15) is 11.6 Å². The maximum absolute atomic E-state index is 13.6. The van der Waals surface area contributed by atoms with Gasteiger partial charge in [0.2, 0.25) is 5.91 Å². The summed E-state index contributed by atoms with van der Waals surface area (Å²) in [6.45, 7) is 1.31. The first kappa shape index (κ1) is 15.4. The highest BCUT2D eigenvalue weighted by atomic mass is 79.9. The molecule has 6 heteroatoms. The molecule has 0 saturated heterocycles. The van der Waals surface area contributed by atoms with Gasteiger partial charge in [0.25, 0.3) is 0 Å². The van der Waals surface area contributed by atoms with Crippen LogP contribution in [0, 0.1) is 18.6 Å². The smallest absolute Gasteiger partial charge is 0.243 e. The highest BCUT2D eigenvalue weighted by molar-refractivity contribution is 9.10. The third-order valence-corrected chi connectivity index (χ3v) is 3.29. The number of carbonyl (C=O) groups is 1. The SMILES string of the molecule is Cc1cc(F)c(NCC(=O)Nc2cccc(Br)c2)cc1F. The topological polar surface area (TPSA) is 41.1 Å². The standard InChI is InChI=1S/C15H13BrF2N2O/c1-9-5-13(18)14(7-12(9)17)19-8-15(21)20-11-4-2-3-10(16)6-11/h2-7,19H,8H2,1H3,(H,20,21). The second kappa shape index (κ2) is 6.67. The molecule has 1 amide bonds. The first-order valence-corrected chi connectivity index (χ1v) is 7.00. The lowest BCUT2D eigenvalue weighted by Crippen LogP contribution is -2.22. The van der Waals surface area contributed by atoms with Crippen molar-refractivity contribution in [3.63, 3.8) is 0 Å². The fraction of sp³-hybridized carbons (Fsp3) is 0.133. The van der Waals surface area contributed by atoms with Gasteiger partial charge >= 0.3 is 0 Å². The number of anilines is 2. The van der Waals surface area contributed by atoms with Crippen molar-refractivity contribution >= 4 is 33.2 Å². The second-order valence-electron chi connectivity index (χ2n) is 4.49. The molecule has 0 aliphatic carbocycles. The Hall–Kier alpha value is -1.95. The average molecular weight is 355 g/mol. The summed E-state index contributed by atoms with van der Waals surface area (Å²) in [5, 5.41) is 5.23. The predicted molar refractivity (Wildman–Crippen MR) is 82.4 cm³/mol. The normalized spacial score (nSPS) is 10.3. The molecule has 0 unspecified atom stereocenters. The Kier molecular flexibility index (Phi) is 4.90. The summed E-state index contributed by atoms with van der Waals surface area (Å²) in [6.07, 6.45) is 0. The number of amides is 1. The van der Waals surface area contributed by atoms with E-state index in [4.69, 9.17) is 0 Å². The maximum Gasteiger partial charge on any atom is 0.243 e. The van der Waals surface area contributed by atoms with Crippen molar-refractivity contribution in [3.8, 4) is 0 Å². The first-order chi connectivity index (χ1) is 9.95. The third kappa shape index (κ3) is 4.26. The molecule has 0 fully saturated rings. The lowest BCUT2D eigenvalue weighted by atomic mass is 10.2. The number of aryl methyl sites for hydroxylation is 1. The molecule has 21 heavy (non-hydrogen) atoms. The summed E-state index contributed by atoms with van der Waals surface area (Å²) in [7, 11) is 0. The Labute approximate surface area is 129 Å². The summed E-state index contributed by atoms with van der Waals surface area (Å²) in [5.41, 5.74) is 0.797. The molecule has 2 rings (SSSR count). The van der Waals surface area contributed by atoms with Gasteiger partial charge in [-0.2, -0.15) is 0 Å². The Bertz CT molecular complexity index is 677. The van der Waals surface area contributed by atoms with Gasteiger partial charge in [-0.15, -0.1) is 0 Å². The molecule has 2 N–H and O–H groups in total. The van der Waals surface area contributed by atoms with E-state index < -0.39 is 11.6 Å². The molecule has 3 nitrogen and oxygen atoms in total. The molecule has 2 aromatic rings. The maximum atomic E-state index is 13.6. The summed E-state index contributed by atoms with van der Waals surface area (Å²) in [6, 6.07) is 9.21. The van der Waals surface area contributed by atoms with Crippen molar-refractivity contribution in [2.24, 2.45) is 0 Å². The van der Waals surface area contributed by atoms with E-state index in [2.05, 4.69) is 26.6 Å². The Morgan fingerprint density at radius 3 is 2.67 bits per heavy atom. The van der Waals surface area contributed by atoms with E-state index in [9.17, 15) is 13.6 Å². The van der Waals surface area contributed by atoms with E-state index in [0.29, 0.717) is 5.69 Å². The molecular formula is C15H13BrF2N2O. The molecule has 0 aromatic heterocycles. The molecule has 110 valence electrons. The largest absolute Gasteiger partial charge is 0.374 e. The van der Waals surface area contributed by atoms with Gasteiger partial charge < -0.3 is 10.6 Å². The van der Waals surface area contributed by atoms with Crippen LogP contribution in [0.4, 0.5) is 20.2 Å². The number of halogens is 3. The van der Waals surface area contributed by atoms with Crippen LogP contribution in [0.3, 0.4) is 0 Å². The van der Waals surface area contributed by atoms with Gasteiger partial charge in [-0.1, -0.05) is 22.0 Å². The summed E-state index contributed by atoms with van der Waals surface area (Å²) in [4.78, 5) is 11.8. The van der Waals surface area contributed by atoms with Crippen LogP contribution in [-0.2, 0) is 4.79 Å². The Balaban J connectivity index is 1.97. The van der Waals surface area contributed by atoms with E-state index in [1.807, 2.05) is 6.07 Å². The van der Waals surface area contributed by atoms with Crippen molar-refractivity contribution in [3.05, 3.63) is 58.1 Å². The van der Waals surface area contributed by atoms with Gasteiger partial charge in [0.05, 0.1) is 12.2 Å². The number of rotatable bonds is 4. The average Bonchev–Trinajstić information content (AvgIpc) is 2.41. The summed E-state index contributed by atoms with van der Waals surface area (Å²) in [5.74, 6) is -1.47. The fourth-order valence-corrected chi connectivity index (χ4v) is 2.13. The zero-order valence-corrected chi connectivity index (χ0v) is 12.8. The zero-order valence-electron chi connectivity index (χ0n) is 11.2. The molecule has 0 saturated carbocycles. The Morgan fingerprint density at radius 2 is 1.95 bits per heavy atom. The monoisotopic (exact) mass is 354 g/mol. The predicted octanol–water partition coefficient (Wildman–Crippen LogP) is 4.09. The van der Waals surface area contributed by atoms with Crippen LogP contribution in [0.1, 0.15) is 5.56 Å². The number of hydrogen-bond acceptors (Lipinski definition) is 2. The third-order valence-electron chi connectivity index (χ3n) is 2.80. The van der Waals surface area contributed by atoms with E-state index in [1.54, 1.807) is 18.2 Å². The quantitative estimate of drug-likeness (QED) is 0.868. The van der Waals surface area contributed by atoms with Gasteiger partial charge in [-0.3, -0.25) is 4.79 Å². The zero-order chi connectivity index (χ0) is 15.4. The van der Waals surface area contributed by atoms with Crippen LogP contribution >= 0.6 is 15.9 Å². The molecule has 0 aliphatic heterocycles. The molecular weight excluding hydrogens is 342 g/mol. The van der Waals surface area contributed by atoms with E-state index >= 15 is 0 Å². The molecule has 0 bridgehead atoms. The number of benzene rings is 2. The summed E-state index contributed by atoms with van der Waals surface area (Å²) >= 11 is 3.29. The molecule has 0 aliphatic rings. The van der Waals surface area contributed by atoms with Gasteiger partial charge in [-0.25, -0.2) is 8.78 Å². The van der Waals surface area contributed by atoms with Gasteiger partial charge in [-0.05, 0) is 36.8 Å². The van der Waals surface area contributed by atoms with E-state index in [-0.39, 0.29) is 23.7 Å². The summed E-state index contributed by atoms with van der Waals surface area (Å²) < 4.78 is 27.8. The number of hydrogen-bond donors (Lipinski definition) is 2. The second-order valence-corrected chi connectivity index (χ2v) is 5.41. The molecule has 0 atom stereocenters. The highest BCUT2D eigenvalue weighted by Crippen LogP contribution is 2.19. The molecule has 0 spiro atoms. The van der Waals surface area contributed by atoms with E-state index in [0.717, 1.165) is 16.6 Å². The lowest BCUT2D eigenvalue weighted by molar-refractivity contribution is -0.114. The van der Waals surface area contributed by atoms with Crippen molar-refractivity contribution in [1.82, 2.24) is 0 Å². The van der Waals surface area contributed by atoms with Crippen molar-refractivity contribution in [1.29, 1.82) is 0 Å². The van der Waals surface area contributed by atoms with Crippen LogP contribution in [-0.4, -0.2) is 12.5 Å². The number of nitrogens with one attached hydrogen (secondary N) is 2. The first-order valence-electron chi connectivity index (χ1n) is 6.20. The van der Waals surface area contributed by atoms with Crippen LogP contribution in [0.15, 0.2) is 40.9 Å². The molecule has 2 aromatic carbocycles. The van der Waals surface area contributed by atoms with Crippen LogP contribution in [0.2, 0.25) is 0 Å². The van der Waals surface area contributed by atoms with E-state index in [1.165, 1.54) is 6.92 Å². The van der Waals surface area contributed by atoms with Crippen LogP contribution in [0.5, 0.6) is 0 Å². The van der Waals surface area contributed by atoms with Crippen molar-refractivity contribution < 1.29 is 13.6 Å². The van der Waals surface area contributed by atoms with Gasteiger partial charge in [0, 0.05) is 16.2 Å². The van der Waals surface area contributed by atoms with Crippen molar-refractivity contribution in [2.45, 2.75) is 6.92 Å². The molecule has 0 heterocycles. The highest BCUT2D eigenvalue weighted by Gasteiger charge is 2.09. The minimum absolute atomic E-state index is 0.0394. The molecule has 0 radical (unpaired) electrons. The lowest BCUT2D eigenvalue weighted by Gasteiger charge is -2.10. The number of carbonyl (C=O) groups excluding carboxylic acids is 1. The fourth-order valence-electron chi connectivity index (χ4n) is 1.73. The Morgan fingerprint density at radius 1 is 1.19 bits per heavy atom. The van der Waals surface area contributed by atoms with Crippen molar-refractivity contribution in [2.75, 3.05) is 17.2 Å².